The maximum absolute atomic E-state index is 8.59. The Morgan fingerprint density at radius 2 is 2.25 bits per heavy atom. The van der Waals surface area contributed by atoms with Gasteiger partial charge >= 0.3 is 0 Å². The highest BCUT2D eigenvalue weighted by molar-refractivity contribution is 9.08. The van der Waals surface area contributed by atoms with Crippen molar-refractivity contribution in [1.29, 1.82) is 5.26 Å². The molecule has 0 saturated heterocycles. The Morgan fingerprint density at radius 1 is 1.50 bits per heavy atom. The molecule has 2 nitrogen and oxygen atoms in total. The number of halogens is 2. The molecule has 16 heavy (non-hydrogen) atoms. The first kappa shape index (κ1) is 13.3. The van der Waals surface area contributed by atoms with Crippen molar-refractivity contribution in [3.8, 4) is 6.07 Å². The van der Waals surface area contributed by atoms with Gasteiger partial charge in [-0.2, -0.15) is 5.26 Å². The van der Waals surface area contributed by atoms with Crippen LogP contribution in [-0.4, -0.2) is 13.1 Å². The van der Waals surface area contributed by atoms with Gasteiger partial charge in [0.2, 0.25) is 0 Å². The monoisotopic (exact) mass is 300 g/mol. The molecule has 0 spiro atoms. The minimum atomic E-state index is 0.518. The van der Waals surface area contributed by atoms with E-state index in [0.717, 1.165) is 34.7 Å². The van der Waals surface area contributed by atoms with Gasteiger partial charge in [-0.05, 0) is 24.6 Å². The molecule has 0 unspecified atom stereocenters. The molecule has 0 saturated carbocycles. The van der Waals surface area contributed by atoms with Crippen LogP contribution in [0.25, 0.3) is 0 Å². The van der Waals surface area contributed by atoms with E-state index in [2.05, 4.69) is 33.8 Å². The Balaban J connectivity index is 2.88. The van der Waals surface area contributed by atoms with E-state index in [9.17, 15) is 0 Å². The number of alkyl halides is 1. The van der Waals surface area contributed by atoms with Crippen LogP contribution in [0.1, 0.15) is 18.9 Å². The van der Waals surface area contributed by atoms with Crippen molar-refractivity contribution in [2.75, 3.05) is 18.0 Å². The van der Waals surface area contributed by atoms with Gasteiger partial charge in [0.25, 0.3) is 0 Å². The summed E-state index contributed by atoms with van der Waals surface area (Å²) in [6.45, 7) is 3.64. The highest BCUT2D eigenvalue weighted by atomic mass is 79.9. The predicted octanol–water partition coefficient (Wildman–Crippen LogP) is 3.97. The van der Waals surface area contributed by atoms with Crippen molar-refractivity contribution in [1.82, 2.24) is 0 Å². The number of hydrogen-bond donors (Lipinski definition) is 0. The Bertz CT molecular complexity index is 387. The molecule has 1 rings (SSSR count). The zero-order chi connectivity index (χ0) is 12.0. The van der Waals surface area contributed by atoms with Gasteiger partial charge in [0.1, 0.15) is 0 Å². The zero-order valence-corrected chi connectivity index (χ0v) is 11.6. The molecule has 0 radical (unpaired) electrons. The van der Waals surface area contributed by atoms with Crippen molar-refractivity contribution in [3.63, 3.8) is 0 Å². The van der Waals surface area contributed by atoms with E-state index in [0.29, 0.717) is 6.42 Å². The number of benzene rings is 1. The molecule has 1 aromatic carbocycles. The van der Waals surface area contributed by atoms with Gasteiger partial charge in [0.05, 0.1) is 23.2 Å². The fourth-order valence-corrected chi connectivity index (χ4v) is 2.20. The summed E-state index contributed by atoms with van der Waals surface area (Å²) in [6, 6.07) is 8.17. The molecule has 0 heterocycles. The van der Waals surface area contributed by atoms with Crippen LogP contribution in [0.5, 0.6) is 0 Å². The Kier molecular flexibility index (Phi) is 5.65. The summed E-state index contributed by atoms with van der Waals surface area (Å²) in [4.78, 5) is 2.11. The molecule has 0 aliphatic carbocycles. The second-order valence-electron chi connectivity index (χ2n) is 3.41. The smallest absolute Gasteiger partial charge is 0.0642 e. The molecule has 0 fully saturated rings. The molecule has 0 amide bonds. The topological polar surface area (TPSA) is 27.0 Å². The van der Waals surface area contributed by atoms with E-state index in [1.54, 1.807) is 0 Å². The van der Waals surface area contributed by atoms with E-state index in [1.807, 2.05) is 18.2 Å². The van der Waals surface area contributed by atoms with Gasteiger partial charge in [-0.25, -0.2) is 0 Å². The van der Waals surface area contributed by atoms with Gasteiger partial charge in [0, 0.05) is 18.4 Å². The summed E-state index contributed by atoms with van der Waals surface area (Å²) < 4.78 is 0. The van der Waals surface area contributed by atoms with Crippen LogP contribution in [-0.2, 0) is 5.33 Å². The largest absolute Gasteiger partial charge is 0.370 e. The quantitative estimate of drug-likeness (QED) is 0.769. The van der Waals surface area contributed by atoms with Gasteiger partial charge in [-0.15, -0.1) is 0 Å². The first-order chi connectivity index (χ1) is 7.72. The van der Waals surface area contributed by atoms with Gasteiger partial charge in [-0.1, -0.05) is 33.6 Å². The number of nitrogens with zero attached hydrogens (tertiary/aromatic N) is 2. The average Bonchev–Trinajstić information content (AvgIpc) is 2.31. The summed E-state index contributed by atoms with van der Waals surface area (Å²) in [7, 11) is 0. The molecule has 0 aromatic heterocycles. The molecule has 4 heteroatoms. The van der Waals surface area contributed by atoms with Crippen LogP contribution < -0.4 is 4.90 Å². The van der Waals surface area contributed by atoms with Crippen LogP contribution in [0.3, 0.4) is 0 Å². The van der Waals surface area contributed by atoms with Crippen molar-refractivity contribution in [2.24, 2.45) is 0 Å². The lowest BCUT2D eigenvalue weighted by Crippen LogP contribution is -2.23. The van der Waals surface area contributed by atoms with Gasteiger partial charge in [0.15, 0.2) is 0 Å². The summed E-state index contributed by atoms with van der Waals surface area (Å²) in [5.74, 6) is 0. The highest BCUT2D eigenvalue weighted by Crippen LogP contribution is 2.27. The van der Waals surface area contributed by atoms with E-state index >= 15 is 0 Å². The standard InChI is InChI=1S/C12H14BrClN2/c1-2-16(7-3-6-15)12-5-4-10(9-13)8-11(12)14/h4-5,8H,2-3,7,9H2,1H3. The number of anilines is 1. The second kappa shape index (κ2) is 6.78. The maximum Gasteiger partial charge on any atom is 0.0642 e. The van der Waals surface area contributed by atoms with Crippen molar-refractivity contribution in [3.05, 3.63) is 28.8 Å². The predicted molar refractivity (Wildman–Crippen MR) is 72.2 cm³/mol. The number of nitriles is 1. The number of rotatable bonds is 5. The summed E-state index contributed by atoms with van der Waals surface area (Å²) in [6.07, 6.45) is 0.518. The Morgan fingerprint density at radius 3 is 2.75 bits per heavy atom. The Hall–Kier alpha value is -0.720. The lowest BCUT2D eigenvalue weighted by molar-refractivity contribution is 0.827. The molecule has 0 aliphatic heterocycles. The van der Waals surface area contributed by atoms with Gasteiger partial charge < -0.3 is 4.90 Å². The van der Waals surface area contributed by atoms with Crippen LogP contribution >= 0.6 is 27.5 Å². The fraction of sp³-hybridized carbons (Fsp3) is 0.417. The van der Waals surface area contributed by atoms with E-state index in [1.165, 1.54) is 0 Å². The summed E-state index contributed by atoms with van der Waals surface area (Å²) >= 11 is 9.61. The van der Waals surface area contributed by atoms with E-state index in [4.69, 9.17) is 16.9 Å². The van der Waals surface area contributed by atoms with Crippen LogP contribution in [0, 0.1) is 11.3 Å². The molecule has 0 atom stereocenters. The molecular formula is C12H14BrClN2. The third-order valence-electron chi connectivity index (χ3n) is 2.38. The molecule has 0 N–H and O–H groups in total. The van der Waals surface area contributed by atoms with Crippen LogP contribution in [0.4, 0.5) is 5.69 Å². The minimum absolute atomic E-state index is 0.518. The lowest BCUT2D eigenvalue weighted by Gasteiger charge is -2.23. The molecule has 0 aliphatic rings. The first-order valence-electron chi connectivity index (χ1n) is 5.19. The SMILES string of the molecule is CCN(CCC#N)c1ccc(CBr)cc1Cl. The fourth-order valence-electron chi connectivity index (χ4n) is 1.52. The number of hydrogen-bond acceptors (Lipinski definition) is 2. The van der Waals surface area contributed by atoms with E-state index < -0.39 is 0 Å². The second-order valence-corrected chi connectivity index (χ2v) is 4.38. The van der Waals surface area contributed by atoms with Gasteiger partial charge in [-0.3, -0.25) is 0 Å². The van der Waals surface area contributed by atoms with Crippen LogP contribution in [0.2, 0.25) is 5.02 Å². The normalized spacial score (nSPS) is 9.88. The lowest BCUT2D eigenvalue weighted by atomic mass is 10.2. The summed E-state index contributed by atoms with van der Waals surface area (Å²) in [5, 5.41) is 10.1. The molecule has 1 aromatic rings. The third kappa shape index (κ3) is 3.40. The maximum atomic E-state index is 8.59. The highest BCUT2D eigenvalue weighted by Gasteiger charge is 2.08. The van der Waals surface area contributed by atoms with E-state index in [-0.39, 0.29) is 0 Å². The molecular weight excluding hydrogens is 288 g/mol. The third-order valence-corrected chi connectivity index (χ3v) is 3.33. The van der Waals surface area contributed by atoms with Crippen molar-refractivity contribution < 1.29 is 0 Å². The average molecular weight is 302 g/mol. The van der Waals surface area contributed by atoms with Crippen molar-refractivity contribution >= 4 is 33.2 Å². The summed E-state index contributed by atoms with van der Waals surface area (Å²) in [5.41, 5.74) is 2.16. The molecule has 86 valence electrons. The zero-order valence-electron chi connectivity index (χ0n) is 9.21. The van der Waals surface area contributed by atoms with Crippen LogP contribution in [0.15, 0.2) is 18.2 Å². The molecule has 0 bridgehead atoms. The van der Waals surface area contributed by atoms with Crippen molar-refractivity contribution in [2.45, 2.75) is 18.7 Å². The Labute approximate surface area is 110 Å². The first-order valence-corrected chi connectivity index (χ1v) is 6.69. The minimum Gasteiger partial charge on any atom is -0.370 e.